The van der Waals surface area contributed by atoms with Gasteiger partial charge in [-0.1, -0.05) is 170 Å². The molecule has 0 N–H and O–H groups in total. The molecule has 11 aromatic rings. The third kappa shape index (κ3) is 6.12. The number of para-hydroxylation sites is 3. The van der Waals surface area contributed by atoms with Crippen LogP contribution in [0.15, 0.2) is 231 Å². The van der Waals surface area contributed by atoms with Crippen LogP contribution in [0.25, 0.3) is 66.6 Å². The molecule has 62 heavy (non-hydrogen) atoms. The van der Waals surface area contributed by atoms with E-state index in [9.17, 15) is 0 Å². The number of pyridine rings is 1. The second-order valence-electron chi connectivity index (χ2n) is 16.4. The molecule has 8 aromatic carbocycles. The lowest BCUT2D eigenvalue weighted by atomic mass is 9.95. The number of rotatable bonds is 9. The van der Waals surface area contributed by atoms with Gasteiger partial charge < -0.3 is 0 Å². The van der Waals surface area contributed by atoms with Gasteiger partial charge in [-0.3, -0.25) is 4.57 Å². The Hall–Kier alpha value is -7.60. The van der Waals surface area contributed by atoms with E-state index >= 15 is 0 Å². The van der Waals surface area contributed by atoms with Crippen molar-refractivity contribution in [1.82, 2.24) is 14.1 Å². The summed E-state index contributed by atoms with van der Waals surface area (Å²) >= 11 is 0. The van der Waals surface area contributed by atoms with Crippen LogP contribution in [0.3, 0.4) is 0 Å². The summed E-state index contributed by atoms with van der Waals surface area (Å²) in [6.45, 7) is 4.50. The van der Waals surface area contributed by atoms with Crippen molar-refractivity contribution in [3.8, 4) is 33.8 Å². The van der Waals surface area contributed by atoms with E-state index in [1.54, 1.807) is 0 Å². The minimum atomic E-state index is -3.00. The van der Waals surface area contributed by atoms with Crippen LogP contribution in [0, 0.1) is 0 Å². The highest BCUT2D eigenvalue weighted by molar-refractivity contribution is 7.20. The minimum absolute atomic E-state index is 0.318. The van der Waals surface area contributed by atoms with Gasteiger partial charge in [0, 0.05) is 17.0 Å². The van der Waals surface area contributed by atoms with E-state index in [4.69, 9.17) is 4.98 Å². The van der Waals surface area contributed by atoms with Crippen LogP contribution < -0.4 is 25.3 Å². The van der Waals surface area contributed by atoms with E-state index in [2.05, 4.69) is 252 Å². The second kappa shape index (κ2) is 15.5. The monoisotopic (exact) mass is 813 g/mol. The number of nitrogens with zero attached hydrogens (tertiary/aromatic N) is 4. The first-order valence-electron chi connectivity index (χ1n) is 21.5. The first-order chi connectivity index (χ1) is 30.6. The molecule has 0 saturated carbocycles. The normalized spacial score (nSPS) is 11.9. The molecular weight excluding hydrogens is 769 g/mol. The minimum Gasteiger partial charge on any atom is -0.294 e. The average Bonchev–Trinajstić information content (AvgIpc) is 3.90. The van der Waals surface area contributed by atoms with Crippen LogP contribution in [0.5, 0.6) is 0 Å². The van der Waals surface area contributed by atoms with E-state index < -0.39 is 8.07 Å². The van der Waals surface area contributed by atoms with Crippen LogP contribution >= 0.6 is 0 Å². The van der Waals surface area contributed by atoms with Crippen LogP contribution in [-0.4, -0.2) is 22.2 Å². The zero-order valence-corrected chi connectivity index (χ0v) is 35.8. The third-order valence-electron chi connectivity index (χ3n) is 12.6. The van der Waals surface area contributed by atoms with Crippen molar-refractivity contribution in [2.24, 2.45) is 0 Å². The zero-order valence-electron chi connectivity index (χ0n) is 34.8. The van der Waals surface area contributed by atoms with Crippen LogP contribution in [0.4, 0.5) is 0 Å². The Bertz CT molecular complexity index is 3350. The van der Waals surface area contributed by atoms with E-state index in [0.29, 0.717) is 6.04 Å². The number of benzene rings is 8. The van der Waals surface area contributed by atoms with Crippen molar-refractivity contribution in [1.29, 1.82) is 0 Å². The Morgan fingerprint density at radius 2 is 1.03 bits per heavy atom. The molecular formula is C57H45N4Si+. The summed E-state index contributed by atoms with van der Waals surface area (Å²) in [5.41, 5.74) is 10.5. The van der Waals surface area contributed by atoms with Gasteiger partial charge in [-0.05, 0) is 105 Å². The highest BCUT2D eigenvalue weighted by Crippen LogP contribution is 2.35. The second-order valence-corrected chi connectivity index (χ2v) is 20.2. The lowest BCUT2D eigenvalue weighted by Crippen LogP contribution is -2.74. The maximum absolute atomic E-state index is 5.13. The lowest BCUT2D eigenvalue weighted by molar-refractivity contribution is -0.691. The molecule has 3 heterocycles. The molecule has 11 rings (SSSR count). The highest BCUT2D eigenvalue weighted by atomic mass is 28.3. The quantitative estimate of drug-likeness (QED) is 0.0810. The maximum atomic E-state index is 5.13. The lowest BCUT2D eigenvalue weighted by Gasteiger charge is -2.34. The Morgan fingerprint density at radius 3 is 1.76 bits per heavy atom. The van der Waals surface area contributed by atoms with Crippen molar-refractivity contribution >= 4 is 61.7 Å². The predicted octanol–water partition coefficient (Wildman–Crippen LogP) is 10.7. The number of hydrogen-bond acceptors (Lipinski definition) is 1. The Labute approximate surface area is 363 Å². The molecule has 0 fully saturated rings. The van der Waals surface area contributed by atoms with E-state index in [-0.39, 0.29) is 0 Å². The maximum Gasteiger partial charge on any atom is 0.250 e. The predicted molar refractivity (Wildman–Crippen MR) is 260 cm³/mol. The molecule has 0 saturated heterocycles. The Morgan fingerprint density at radius 1 is 0.452 bits per heavy atom. The van der Waals surface area contributed by atoms with Crippen LogP contribution in [0.1, 0.15) is 19.9 Å². The van der Waals surface area contributed by atoms with E-state index in [1.807, 2.05) is 6.20 Å². The van der Waals surface area contributed by atoms with Crippen molar-refractivity contribution in [2.75, 3.05) is 0 Å². The SMILES string of the molecule is CC(C)[n+]1cn(-c2cccc([Si](c3ccccc3)(c3ccccc3)c3ccc4c5ccccc5n(-c5cc(-c6ccccc6-c6ccccc6)ccn5)c4c3)c2)c2ccccc21. The molecule has 0 aliphatic rings. The van der Waals surface area contributed by atoms with Crippen molar-refractivity contribution in [3.05, 3.63) is 231 Å². The summed E-state index contributed by atoms with van der Waals surface area (Å²) < 4.78 is 7.12. The van der Waals surface area contributed by atoms with Gasteiger partial charge in [-0.25, -0.2) is 9.55 Å². The standard InChI is InChI=1S/C57H45N4Si/c1-41(2)59-40-60(55-32-17-16-31-54(55)59)44-21-18-26-47(38-44)62(45-22-8-4-9-23-45,46-24-10-5-11-25-46)48-33-34-52-51-29-14-15-30-53(51)61(56(52)39-48)57-37-43(35-36-58-57)50-28-13-12-27-49(50)42-19-6-3-7-20-42/h3-41H,1-2H3/q+1. The molecule has 3 aromatic heterocycles. The smallest absolute Gasteiger partial charge is 0.250 e. The van der Waals surface area contributed by atoms with Gasteiger partial charge in [0.15, 0.2) is 19.1 Å². The van der Waals surface area contributed by atoms with Gasteiger partial charge in [0.25, 0.3) is 0 Å². The Balaban J connectivity index is 1.17. The molecule has 0 unspecified atom stereocenters. The van der Waals surface area contributed by atoms with Crippen LogP contribution in [-0.2, 0) is 0 Å². The fourth-order valence-corrected chi connectivity index (χ4v) is 14.6. The molecule has 0 radical (unpaired) electrons. The topological polar surface area (TPSA) is 26.6 Å². The van der Waals surface area contributed by atoms with Gasteiger partial charge in [-0.2, -0.15) is 4.57 Å². The highest BCUT2D eigenvalue weighted by Gasteiger charge is 2.42. The first-order valence-corrected chi connectivity index (χ1v) is 23.5. The number of aromatic nitrogens is 4. The third-order valence-corrected chi connectivity index (χ3v) is 17.3. The van der Waals surface area contributed by atoms with Gasteiger partial charge in [0.2, 0.25) is 6.33 Å². The van der Waals surface area contributed by atoms with Crippen LogP contribution in [0.2, 0.25) is 0 Å². The number of imidazole rings is 1. The van der Waals surface area contributed by atoms with Crippen molar-refractivity contribution < 1.29 is 4.57 Å². The van der Waals surface area contributed by atoms with Gasteiger partial charge in [-0.15, -0.1) is 0 Å². The summed E-state index contributed by atoms with van der Waals surface area (Å²) in [5.74, 6) is 0.889. The molecule has 0 bridgehead atoms. The van der Waals surface area contributed by atoms with E-state index in [1.165, 1.54) is 59.2 Å². The van der Waals surface area contributed by atoms with Gasteiger partial charge >= 0.3 is 0 Å². The average molecular weight is 814 g/mol. The fraction of sp³-hybridized carbons (Fsp3) is 0.0526. The largest absolute Gasteiger partial charge is 0.294 e. The summed E-state index contributed by atoms with van der Waals surface area (Å²) in [6.07, 6.45) is 4.23. The molecule has 0 aliphatic carbocycles. The molecule has 4 nitrogen and oxygen atoms in total. The first kappa shape index (κ1) is 37.4. The zero-order chi connectivity index (χ0) is 41.6. The van der Waals surface area contributed by atoms with Crippen molar-refractivity contribution in [2.45, 2.75) is 19.9 Å². The molecule has 0 aliphatic heterocycles. The summed E-state index contributed by atoms with van der Waals surface area (Å²) in [6, 6.07) is 80.6. The molecule has 5 heteroatoms. The summed E-state index contributed by atoms with van der Waals surface area (Å²) in [5, 5.41) is 7.70. The molecule has 0 atom stereocenters. The number of hydrogen-bond donors (Lipinski definition) is 0. The molecule has 0 amide bonds. The van der Waals surface area contributed by atoms with Gasteiger partial charge in [0.1, 0.15) is 11.5 Å². The summed E-state index contributed by atoms with van der Waals surface area (Å²) in [4.78, 5) is 5.13. The van der Waals surface area contributed by atoms with Crippen molar-refractivity contribution in [3.63, 3.8) is 0 Å². The summed E-state index contributed by atoms with van der Waals surface area (Å²) in [7, 11) is -3.00. The van der Waals surface area contributed by atoms with E-state index in [0.717, 1.165) is 28.1 Å². The van der Waals surface area contributed by atoms with Gasteiger partial charge in [0.05, 0.1) is 17.1 Å². The fourth-order valence-electron chi connectivity index (χ4n) is 9.78. The number of fused-ring (bicyclic) bond motifs is 4. The molecule has 296 valence electrons. The Kier molecular flexibility index (Phi) is 9.32. The molecule has 0 spiro atoms.